The van der Waals surface area contributed by atoms with Gasteiger partial charge >= 0.3 is 5.97 Å². The second kappa shape index (κ2) is 5.34. The van der Waals surface area contributed by atoms with Crippen molar-refractivity contribution in [3.8, 4) is 0 Å². The lowest BCUT2D eigenvalue weighted by Gasteiger charge is -2.18. The average molecular weight is 236 g/mol. The van der Waals surface area contributed by atoms with Gasteiger partial charge in [-0.15, -0.1) is 0 Å². The lowest BCUT2D eigenvalue weighted by molar-refractivity contribution is -0.141. The number of nitrogens with two attached hydrogens (primary N) is 1. The summed E-state index contributed by atoms with van der Waals surface area (Å²) in [6, 6.07) is 6.20. The number of para-hydroxylation sites is 1. The molecule has 2 unspecified atom stereocenters. The molecule has 0 spiro atoms. The first-order valence-electron chi connectivity index (χ1n) is 5.31. The highest BCUT2D eigenvalue weighted by Gasteiger charge is 2.21. The summed E-state index contributed by atoms with van der Waals surface area (Å²) in [4.78, 5) is 22.6. The molecule has 0 aliphatic rings. The van der Waals surface area contributed by atoms with Crippen LogP contribution < -0.4 is 11.1 Å². The van der Waals surface area contributed by atoms with Crippen LogP contribution in [0.3, 0.4) is 0 Å². The van der Waals surface area contributed by atoms with Crippen LogP contribution in [0.5, 0.6) is 0 Å². The van der Waals surface area contributed by atoms with E-state index in [1.807, 2.05) is 0 Å². The van der Waals surface area contributed by atoms with Gasteiger partial charge in [0.2, 0.25) is 0 Å². The number of hydrogen-bond donors (Lipinski definition) is 3. The maximum Gasteiger partial charge on any atom is 0.308 e. The summed E-state index contributed by atoms with van der Waals surface area (Å²) in [7, 11) is 0. The Morgan fingerprint density at radius 3 is 2.41 bits per heavy atom. The molecule has 1 aromatic rings. The van der Waals surface area contributed by atoms with Gasteiger partial charge in [-0.05, 0) is 26.0 Å². The summed E-state index contributed by atoms with van der Waals surface area (Å²) in [5.74, 6) is -1.95. The van der Waals surface area contributed by atoms with Gasteiger partial charge in [0, 0.05) is 11.7 Å². The molecule has 2 atom stereocenters. The van der Waals surface area contributed by atoms with Crippen LogP contribution in [-0.4, -0.2) is 23.0 Å². The van der Waals surface area contributed by atoms with Gasteiger partial charge in [0.05, 0.1) is 11.5 Å². The van der Waals surface area contributed by atoms with Crippen LogP contribution >= 0.6 is 0 Å². The molecular formula is C12H16N2O3. The smallest absolute Gasteiger partial charge is 0.308 e. The van der Waals surface area contributed by atoms with Crippen LogP contribution in [0.1, 0.15) is 24.2 Å². The van der Waals surface area contributed by atoms with E-state index in [1.54, 1.807) is 38.1 Å². The third kappa shape index (κ3) is 3.21. The Kier molecular flexibility index (Phi) is 4.09. The Morgan fingerprint density at radius 1 is 1.29 bits per heavy atom. The molecule has 0 bridgehead atoms. The molecule has 0 heterocycles. The number of nitrogen functional groups attached to an aromatic ring is 1. The SMILES string of the molecule is CC(NC(=O)c1ccccc1N)C(C)C(=O)O. The molecular weight excluding hydrogens is 220 g/mol. The van der Waals surface area contributed by atoms with Crippen molar-refractivity contribution < 1.29 is 14.7 Å². The summed E-state index contributed by atoms with van der Waals surface area (Å²) < 4.78 is 0. The molecule has 0 aliphatic carbocycles. The van der Waals surface area contributed by atoms with Crippen molar-refractivity contribution in [2.75, 3.05) is 5.73 Å². The summed E-state index contributed by atoms with van der Waals surface area (Å²) in [5, 5.41) is 11.4. The maximum atomic E-state index is 11.8. The van der Waals surface area contributed by atoms with E-state index < -0.39 is 17.9 Å². The predicted molar refractivity (Wildman–Crippen MR) is 64.6 cm³/mol. The number of carboxylic acids is 1. The summed E-state index contributed by atoms with van der Waals surface area (Å²) >= 11 is 0. The molecule has 0 saturated carbocycles. The zero-order valence-corrected chi connectivity index (χ0v) is 9.81. The molecule has 0 radical (unpaired) electrons. The average Bonchev–Trinajstić information content (AvgIpc) is 2.28. The van der Waals surface area contributed by atoms with Crippen molar-refractivity contribution in [2.45, 2.75) is 19.9 Å². The van der Waals surface area contributed by atoms with Gasteiger partial charge < -0.3 is 16.2 Å². The number of hydrogen-bond acceptors (Lipinski definition) is 3. The van der Waals surface area contributed by atoms with Crippen molar-refractivity contribution in [1.29, 1.82) is 0 Å². The van der Waals surface area contributed by atoms with Crippen LogP contribution in [0.15, 0.2) is 24.3 Å². The molecule has 1 rings (SSSR count). The van der Waals surface area contributed by atoms with Gasteiger partial charge in [0.25, 0.3) is 5.91 Å². The molecule has 4 N–H and O–H groups in total. The molecule has 0 saturated heterocycles. The number of anilines is 1. The third-order valence-corrected chi connectivity index (χ3v) is 2.70. The monoisotopic (exact) mass is 236 g/mol. The molecule has 5 nitrogen and oxygen atoms in total. The van der Waals surface area contributed by atoms with Crippen molar-refractivity contribution in [3.05, 3.63) is 29.8 Å². The highest BCUT2D eigenvalue weighted by atomic mass is 16.4. The quantitative estimate of drug-likeness (QED) is 0.683. The summed E-state index contributed by atoms with van der Waals surface area (Å²) in [5.41, 5.74) is 6.39. The number of nitrogens with one attached hydrogen (secondary N) is 1. The van der Waals surface area contributed by atoms with Crippen LogP contribution in [-0.2, 0) is 4.79 Å². The van der Waals surface area contributed by atoms with Crippen LogP contribution in [0.4, 0.5) is 5.69 Å². The normalized spacial score (nSPS) is 13.8. The highest BCUT2D eigenvalue weighted by Crippen LogP contribution is 2.11. The first-order valence-corrected chi connectivity index (χ1v) is 5.31. The maximum absolute atomic E-state index is 11.8. The fourth-order valence-electron chi connectivity index (χ4n) is 1.33. The topological polar surface area (TPSA) is 92.4 Å². The number of carbonyl (C=O) groups is 2. The minimum Gasteiger partial charge on any atom is -0.481 e. The zero-order chi connectivity index (χ0) is 13.0. The molecule has 1 amide bonds. The lowest BCUT2D eigenvalue weighted by atomic mass is 10.0. The van der Waals surface area contributed by atoms with Crippen molar-refractivity contribution in [3.63, 3.8) is 0 Å². The number of carbonyl (C=O) groups excluding carboxylic acids is 1. The molecule has 0 aliphatic heterocycles. The number of aliphatic carboxylic acids is 1. The minimum absolute atomic E-state index is 0.358. The number of rotatable bonds is 4. The minimum atomic E-state index is -0.946. The number of carboxylic acid groups (broad SMARTS) is 1. The Balaban J connectivity index is 2.74. The van der Waals surface area contributed by atoms with Crippen molar-refractivity contribution in [1.82, 2.24) is 5.32 Å². The second-order valence-electron chi connectivity index (χ2n) is 3.98. The number of benzene rings is 1. The zero-order valence-electron chi connectivity index (χ0n) is 9.81. The first kappa shape index (κ1) is 13.0. The fourth-order valence-corrected chi connectivity index (χ4v) is 1.33. The van der Waals surface area contributed by atoms with Gasteiger partial charge in [0.15, 0.2) is 0 Å². The molecule has 1 aromatic carbocycles. The molecule has 0 fully saturated rings. The van der Waals surface area contributed by atoms with Crippen LogP contribution in [0.25, 0.3) is 0 Å². The number of amides is 1. The standard InChI is InChI=1S/C12H16N2O3/c1-7(12(16)17)8(2)14-11(15)9-5-3-4-6-10(9)13/h3-8H,13H2,1-2H3,(H,14,15)(H,16,17). The Morgan fingerprint density at radius 2 is 1.88 bits per heavy atom. The van der Waals surface area contributed by atoms with E-state index in [1.165, 1.54) is 0 Å². The predicted octanol–water partition coefficient (Wildman–Crippen LogP) is 1.11. The molecule has 0 aromatic heterocycles. The summed E-state index contributed by atoms with van der Waals surface area (Å²) in [6.45, 7) is 3.19. The lowest BCUT2D eigenvalue weighted by Crippen LogP contribution is -2.40. The molecule has 17 heavy (non-hydrogen) atoms. The second-order valence-corrected chi connectivity index (χ2v) is 3.98. The molecule has 5 heteroatoms. The molecule has 92 valence electrons. The van der Waals surface area contributed by atoms with Gasteiger partial charge in [-0.25, -0.2) is 0 Å². The first-order chi connectivity index (χ1) is 7.93. The Labute approximate surface area is 99.6 Å². The van der Waals surface area contributed by atoms with Gasteiger partial charge in [0.1, 0.15) is 0 Å². The van der Waals surface area contributed by atoms with E-state index in [0.717, 1.165) is 0 Å². The van der Waals surface area contributed by atoms with Crippen molar-refractivity contribution >= 4 is 17.6 Å². The largest absolute Gasteiger partial charge is 0.481 e. The highest BCUT2D eigenvalue weighted by molar-refractivity contribution is 5.99. The van der Waals surface area contributed by atoms with Gasteiger partial charge in [-0.2, -0.15) is 0 Å². The van der Waals surface area contributed by atoms with E-state index in [-0.39, 0.29) is 5.91 Å². The van der Waals surface area contributed by atoms with E-state index >= 15 is 0 Å². The summed E-state index contributed by atoms with van der Waals surface area (Å²) in [6.07, 6.45) is 0. The van der Waals surface area contributed by atoms with Crippen LogP contribution in [0, 0.1) is 5.92 Å². The fraction of sp³-hybridized carbons (Fsp3) is 0.333. The Bertz CT molecular complexity index is 432. The van der Waals surface area contributed by atoms with Crippen molar-refractivity contribution in [2.24, 2.45) is 5.92 Å². The van der Waals surface area contributed by atoms with E-state index in [4.69, 9.17) is 10.8 Å². The van der Waals surface area contributed by atoms with Gasteiger partial charge in [-0.3, -0.25) is 9.59 Å². The van der Waals surface area contributed by atoms with E-state index in [2.05, 4.69) is 5.32 Å². The van der Waals surface area contributed by atoms with Gasteiger partial charge in [-0.1, -0.05) is 12.1 Å². The third-order valence-electron chi connectivity index (χ3n) is 2.70. The van der Waals surface area contributed by atoms with E-state index in [0.29, 0.717) is 11.3 Å². The van der Waals surface area contributed by atoms with E-state index in [9.17, 15) is 9.59 Å². The Hall–Kier alpha value is -2.04. The van der Waals surface area contributed by atoms with Crippen LogP contribution in [0.2, 0.25) is 0 Å².